The van der Waals surface area contributed by atoms with Crippen molar-refractivity contribution < 1.29 is 49.3 Å². The first-order valence-electron chi connectivity index (χ1n) is 15.6. The Hall–Kier alpha value is -1.55. The predicted molar refractivity (Wildman–Crippen MR) is 158 cm³/mol. The lowest BCUT2D eigenvalue weighted by Gasteiger charge is -2.49. The molecule has 17 heteroatoms. The largest absolute Gasteiger partial charge is 0.467 e. The van der Waals surface area contributed by atoms with Crippen molar-refractivity contribution in [3.05, 3.63) is 11.8 Å². The summed E-state index contributed by atoms with van der Waals surface area (Å²) in [5.74, 6) is -0.106. The monoisotopic (exact) mass is 645 g/mol. The molecule has 0 aromatic carbocycles. The van der Waals surface area contributed by atoms with Gasteiger partial charge in [0.25, 0.3) is 5.91 Å². The van der Waals surface area contributed by atoms with Crippen molar-refractivity contribution in [2.45, 2.75) is 117 Å². The summed E-state index contributed by atoms with van der Waals surface area (Å²) < 4.78 is 24.0. The third kappa shape index (κ3) is 7.47. The number of aliphatic hydroxyl groups is 5. The maximum Gasteiger partial charge on any atom is 0.254 e. The van der Waals surface area contributed by atoms with E-state index in [9.17, 15) is 30.3 Å². The molecule has 45 heavy (non-hydrogen) atoms. The van der Waals surface area contributed by atoms with Crippen LogP contribution in [0.2, 0.25) is 0 Å². The lowest BCUT2D eigenvalue weighted by atomic mass is 9.76. The summed E-state index contributed by atoms with van der Waals surface area (Å²) in [6.07, 6.45) is -3.98. The maximum absolute atomic E-state index is 13.0. The first-order valence-corrected chi connectivity index (χ1v) is 15.6. The summed E-state index contributed by atoms with van der Waals surface area (Å²) >= 11 is 0. The van der Waals surface area contributed by atoms with Crippen molar-refractivity contribution in [1.29, 1.82) is 0 Å². The topological polar surface area (TPSA) is 281 Å². The zero-order valence-corrected chi connectivity index (χ0v) is 25.8. The molecule has 3 aliphatic heterocycles. The number of likely N-dealkylation sites (N-methyl/N-ethyl adjacent to an activating group) is 1. The fraction of sp³-hybridized carbons (Fsp3) is 0.893. The Morgan fingerprint density at radius 1 is 1.07 bits per heavy atom. The van der Waals surface area contributed by atoms with Gasteiger partial charge in [0.1, 0.15) is 35.8 Å². The molecule has 5 aliphatic rings. The highest BCUT2D eigenvalue weighted by molar-refractivity contribution is 5.87. The average Bonchev–Trinajstić information content (AvgIpc) is 2.93. The Morgan fingerprint density at radius 2 is 1.76 bits per heavy atom. The average molecular weight is 646 g/mol. The molecular weight excluding hydrogens is 594 g/mol. The highest BCUT2D eigenvalue weighted by Crippen LogP contribution is 2.33. The molecule has 4 fully saturated rings. The van der Waals surface area contributed by atoms with Gasteiger partial charge >= 0.3 is 0 Å². The lowest BCUT2D eigenvalue weighted by molar-refractivity contribution is -0.304. The Labute approximate surface area is 262 Å². The molecule has 0 aromatic rings. The van der Waals surface area contributed by atoms with Gasteiger partial charge in [-0.3, -0.25) is 4.79 Å². The van der Waals surface area contributed by atoms with Gasteiger partial charge in [0.05, 0.1) is 36.9 Å². The van der Waals surface area contributed by atoms with E-state index in [4.69, 9.17) is 36.1 Å². The number of ether oxygens (including phenoxy) is 4. The number of hydrogen-bond acceptors (Lipinski definition) is 16. The minimum Gasteiger partial charge on any atom is -0.467 e. The molecule has 0 radical (unpaired) electrons. The van der Waals surface area contributed by atoms with Crippen LogP contribution in [0.5, 0.6) is 0 Å². The first-order chi connectivity index (χ1) is 21.1. The minimum absolute atomic E-state index is 0.00268. The van der Waals surface area contributed by atoms with Crippen LogP contribution in [0.3, 0.4) is 0 Å². The molecule has 5 rings (SSSR count). The van der Waals surface area contributed by atoms with E-state index in [2.05, 4.69) is 21.3 Å². The van der Waals surface area contributed by atoms with Gasteiger partial charge in [-0.2, -0.15) is 0 Å². The molecule has 1 amide bonds. The van der Waals surface area contributed by atoms with Crippen LogP contribution in [-0.2, 0) is 23.7 Å². The quantitative estimate of drug-likeness (QED) is 0.0996. The van der Waals surface area contributed by atoms with E-state index in [0.29, 0.717) is 38.1 Å². The van der Waals surface area contributed by atoms with Crippen LogP contribution in [0.4, 0.5) is 0 Å². The van der Waals surface area contributed by atoms with Crippen molar-refractivity contribution >= 4 is 5.91 Å². The van der Waals surface area contributed by atoms with Gasteiger partial charge in [0.15, 0.2) is 11.9 Å². The smallest absolute Gasteiger partial charge is 0.254 e. The Balaban J connectivity index is 1.27. The second-order valence-electron chi connectivity index (χ2n) is 13.7. The maximum atomic E-state index is 13.0. The van der Waals surface area contributed by atoms with Gasteiger partial charge in [-0.1, -0.05) is 0 Å². The van der Waals surface area contributed by atoms with Gasteiger partial charge in [-0.15, -0.1) is 0 Å². The number of carbonyl (C=O) groups is 1. The molecule has 17 nitrogen and oxygen atoms in total. The second-order valence-corrected chi connectivity index (χ2v) is 13.7. The lowest BCUT2D eigenvalue weighted by Crippen LogP contribution is -2.72. The Kier molecular flexibility index (Phi) is 10.4. The number of β-amino-alcohol motifs (C(OH)–C–C–N with tert-alkyl or cyclic N) is 1. The number of nitrogens with two attached hydrogens (primary N) is 3. The van der Waals surface area contributed by atoms with Gasteiger partial charge in [0.2, 0.25) is 6.29 Å². The fourth-order valence-corrected chi connectivity index (χ4v) is 6.82. The number of nitrogens with one attached hydrogen (secondary N) is 4. The van der Waals surface area contributed by atoms with E-state index >= 15 is 0 Å². The molecule has 11 atom stereocenters. The van der Waals surface area contributed by atoms with Crippen molar-refractivity contribution in [3.8, 4) is 0 Å². The number of amides is 1. The highest BCUT2D eigenvalue weighted by atomic mass is 16.7. The number of rotatable bonds is 11. The molecule has 15 N–H and O–H groups in total. The van der Waals surface area contributed by atoms with Crippen molar-refractivity contribution in [2.75, 3.05) is 39.8 Å². The minimum atomic E-state index is -1.62. The third-order valence-corrected chi connectivity index (χ3v) is 9.59. The van der Waals surface area contributed by atoms with Crippen LogP contribution in [0.25, 0.3) is 0 Å². The number of hydrogen-bond donors (Lipinski definition) is 12. The third-order valence-electron chi connectivity index (χ3n) is 9.59. The zero-order valence-electron chi connectivity index (χ0n) is 25.8. The second kappa shape index (κ2) is 13.5. The number of carbonyl (C=O) groups excluding carboxylic acids is 1. The van der Waals surface area contributed by atoms with E-state index in [0.717, 1.165) is 0 Å². The van der Waals surface area contributed by atoms with Gasteiger partial charge in [-0.25, -0.2) is 0 Å². The molecule has 0 aromatic heterocycles. The normalized spacial score (nSPS) is 46.3. The summed E-state index contributed by atoms with van der Waals surface area (Å²) in [6, 6.07) is -3.12. The zero-order chi connectivity index (χ0) is 32.7. The molecule has 3 heterocycles. The molecule has 0 spiro atoms. The van der Waals surface area contributed by atoms with Crippen LogP contribution in [0.1, 0.15) is 32.6 Å². The van der Waals surface area contributed by atoms with Crippen LogP contribution < -0.4 is 38.5 Å². The van der Waals surface area contributed by atoms with E-state index in [1.54, 1.807) is 7.05 Å². The Bertz CT molecular complexity index is 1070. The SMILES string of the molecule is CN[C@@H]1[C@@H](O)[C@@H](O[C@@H]2[C@@H](O)[C@H](O[C@H]3OC(CNCC4(O)CC(N)C4)=CC[C@H]3N)[C@@H](N)C[C@H]2NC(=O)C2(O)CNC2)OC[C@]1(C)O. The van der Waals surface area contributed by atoms with E-state index in [-0.39, 0.29) is 32.2 Å². The summed E-state index contributed by atoms with van der Waals surface area (Å²) in [7, 11) is 1.58. The molecule has 2 saturated carbocycles. The van der Waals surface area contributed by atoms with Crippen LogP contribution >= 0.6 is 0 Å². The molecule has 0 bridgehead atoms. The molecule has 258 valence electrons. The van der Waals surface area contributed by atoms with Gasteiger partial charge in [0, 0.05) is 31.7 Å². The predicted octanol–water partition coefficient (Wildman–Crippen LogP) is -5.88. The molecule has 0 unspecified atom stereocenters. The Morgan fingerprint density at radius 3 is 2.38 bits per heavy atom. The van der Waals surface area contributed by atoms with Gasteiger partial charge in [-0.05, 0) is 45.7 Å². The van der Waals surface area contributed by atoms with E-state index in [1.807, 2.05) is 6.08 Å². The van der Waals surface area contributed by atoms with Crippen molar-refractivity contribution in [2.24, 2.45) is 17.2 Å². The molecule has 2 saturated heterocycles. The molecular formula is C28H51N7O10. The summed E-state index contributed by atoms with van der Waals surface area (Å²) in [5, 5.41) is 66.0. The standard InChI is InChI=1S/C28H51N7O10/c1-26(39)12-42-24(19(37)22(26)32-2)45-21-17(35-25(38)28(41)10-34-11-28)5-16(31)20(18(21)36)44-23-15(30)4-3-14(43-23)8-33-9-27(40)6-13(29)7-27/h3,13,15-24,32-34,36-37,39-41H,4-12,29-31H2,1-2H3,(H,35,38)/t13?,15-,16+,17-,18+,19-,20-,21+,22-,23-,24-,26+,27?/m1/s1. The van der Waals surface area contributed by atoms with Crippen molar-refractivity contribution in [1.82, 2.24) is 21.3 Å². The van der Waals surface area contributed by atoms with E-state index < -0.39 is 83.9 Å². The fourth-order valence-electron chi connectivity index (χ4n) is 6.82. The summed E-state index contributed by atoms with van der Waals surface area (Å²) in [6.45, 7) is 2.13. The van der Waals surface area contributed by atoms with Crippen LogP contribution in [0, 0.1) is 0 Å². The van der Waals surface area contributed by atoms with Crippen LogP contribution in [-0.4, -0.2) is 155 Å². The number of aliphatic hydroxyl groups excluding tert-OH is 2. The summed E-state index contributed by atoms with van der Waals surface area (Å²) in [4.78, 5) is 13.0. The highest BCUT2D eigenvalue weighted by Gasteiger charge is 2.53. The molecule has 2 aliphatic carbocycles. The summed E-state index contributed by atoms with van der Waals surface area (Å²) in [5.41, 5.74) is 14.8. The van der Waals surface area contributed by atoms with Crippen molar-refractivity contribution in [3.63, 3.8) is 0 Å². The first kappa shape index (κ1) is 34.8. The van der Waals surface area contributed by atoms with Crippen LogP contribution in [0.15, 0.2) is 11.8 Å². The van der Waals surface area contributed by atoms with Gasteiger partial charge < -0.3 is 82.9 Å². The van der Waals surface area contributed by atoms with E-state index in [1.165, 1.54) is 6.92 Å².